The third-order valence-electron chi connectivity index (χ3n) is 5.52. The largest absolute Gasteiger partial charge is 0.507 e. The minimum absolute atomic E-state index is 0.0119. The van der Waals surface area contributed by atoms with Crippen molar-refractivity contribution in [1.29, 1.82) is 5.26 Å². The Hall–Kier alpha value is -3.76. The summed E-state index contributed by atoms with van der Waals surface area (Å²) in [6.45, 7) is 3.70. The number of carbonyl (C=O) groups is 1. The Morgan fingerprint density at radius 1 is 1.19 bits per heavy atom. The summed E-state index contributed by atoms with van der Waals surface area (Å²) < 4.78 is 0. The smallest absolute Gasteiger partial charge is 0.253 e. The number of aliphatic imine (C=N–C) groups is 1. The van der Waals surface area contributed by atoms with Gasteiger partial charge in [-0.05, 0) is 43.3 Å². The van der Waals surface area contributed by atoms with Gasteiger partial charge in [-0.25, -0.2) is 9.98 Å². The number of hydrogen-bond acceptors (Lipinski definition) is 6. The van der Waals surface area contributed by atoms with Gasteiger partial charge in [-0.1, -0.05) is 24.3 Å². The molecule has 2 atom stereocenters. The second-order valence-corrected chi connectivity index (χ2v) is 7.57. The molecule has 1 N–H and O–H groups in total. The molecule has 1 aromatic heterocycles. The van der Waals surface area contributed by atoms with Crippen LogP contribution in [0.4, 0.5) is 5.82 Å². The molecule has 4 rings (SSSR count). The van der Waals surface area contributed by atoms with Crippen LogP contribution in [0.2, 0.25) is 0 Å². The maximum absolute atomic E-state index is 12.7. The van der Waals surface area contributed by atoms with Crippen LogP contribution in [0.5, 0.6) is 5.75 Å². The van der Waals surface area contributed by atoms with E-state index in [1.807, 2.05) is 47.1 Å². The van der Waals surface area contributed by atoms with Crippen molar-refractivity contribution in [3.63, 3.8) is 0 Å². The third-order valence-corrected chi connectivity index (χ3v) is 5.52. The van der Waals surface area contributed by atoms with E-state index in [1.54, 1.807) is 36.5 Å². The van der Waals surface area contributed by atoms with Gasteiger partial charge in [0.2, 0.25) is 0 Å². The number of benzene rings is 2. The second-order valence-electron chi connectivity index (χ2n) is 7.57. The predicted molar refractivity (Wildman–Crippen MR) is 119 cm³/mol. The molecule has 156 valence electrons. The summed E-state index contributed by atoms with van der Waals surface area (Å²) in [6, 6.07) is 19.7. The van der Waals surface area contributed by atoms with Crippen LogP contribution in [-0.2, 0) is 0 Å². The lowest BCUT2D eigenvalue weighted by atomic mass is 10.1. The van der Waals surface area contributed by atoms with E-state index in [2.05, 4.69) is 16.0 Å². The molecule has 0 aliphatic carbocycles. The number of aromatic hydroxyl groups is 1. The predicted octanol–water partition coefficient (Wildman–Crippen LogP) is 3.38. The van der Waals surface area contributed by atoms with Gasteiger partial charge in [-0.2, -0.15) is 5.26 Å². The summed E-state index contributed by atoms with van der Waals surface area (Å²) in [5.41, 5.74) is 1.32. The van der Waals surface area contributed by atoms with Gasteiger partial charge in [-0.15, -0.1) is 0 Å². The first-order valence-corrected chi connectivity index (χ1v) is 10.2. The van der Waals surface area contributed by atoms with E-state index in [0.717, 1.165) is 0 Å². The monoisotopic (exact) mass is 413 g/mol. The van der Waals surface area contributed by atoms with Gasteiger partial charge in [0.1, 0.15) is 11.8 Å². The number of nitriles is 1. The molecule has 0 bridgehead atoms. The first-order valence-electron chi connectivity index (χ1n) is 10.2. The topological polar surface area (TPSA) is 92.8 Å². The van der Waals surface area contributed by atoms with Crippen LogP contribution in [-0.4, -0.2) is 63.7 Å². The molecule has 1 saturated heterocycles. The zero-order valence-corrected chi connectivity index (χ0v) is 17.2. The molecule has 0 spiro atoms. The number of rotatable bonds is 4. The van der Waals surface area contributed by atoms with E-state index in [1.165, 1.54) is 0 Å². The van der Waals surface area contributed by atoms with Crippen LogP contribution in [0.3, 0.4) is 0 Å². The number of piperazine rings is 1. The van der Waals surface area contributed by atoms with E-state index in [4.69, 9.17) is 0 Å². The Bertz CT molecular complexity index is 1160. The average molecular weight is 413 g/mol. The van der Waals surface area contributed by atoms with Gasteiger partial charge in [-0.3, -0.25) is 9.69 Å². The molecule has 0 radical (unpaired) electrons. The zero-order chi connectivity index (χ0) is 21.8. The van der Waals surface area contributed by atoms with Crippen molar-refractivity contribution in [2.24, 2.45) is 4.99 Å². The van der Waals surface area contributed by atoms with Crippen LogP contribution in [0, 0.1) is 11.3 Å². The Labute approximate surface area is 180 Å². The maximum atomic E-state index is 12.7. The minimum Gasteiger partial charge on any atom is -0.507 e. The number of aromatic nitrogens is 1. The van der Waals surface area contributed by atoms with Crippen LogP contribution >= 0.6 is 0 Å². The molecular formula is C24H23N5O2. The quantitative estimate of drug-likeness (QED) is 0.662. The lowest BCUT2D eigenvalue weighted by Crippen LogP contribution is -2.56. The molecule has 0 saturated carbocycles. The van der Waals surface area contributed by atoms with Crippen LogP contribution in [0.25, 0.3) is 10.9 Å². The molecule has 31 heavy (non-hydrogen) atoms. The number of nitrogens with zero attached hydrogens (tertiary/aromatic N) is 5. The van der Waals surface area contributed by atoms with Crippen molar-refractivity contribution >= 4 is 28.8 Å². The lowest BCUT2D eigenvalue weighted by molar-refractivity contribution is 0.0512. The normalized spacial score (nSPS) is 18.2. The fourth-order valence-corrected chi connectivity index (χ4v) is 3.87. The number of carbonyl (C=O) groups excluding carboxylic acids is 1. The maximum Gasteiger partial charge on any atom is 0.253 e. The number of phenols is 1. The molecule has 2 aromatic carbocycles. The molecular weight excluding hydrogens is 390 g/mol. The minimum atomic E-state index is -0.523. The molecule has 3 aromatic rings. The number of hydrogen-bond donors (Lipinski definition) is 1. The Morgan fingerprint density at radius 3 is 2.74 bits per heavy atom. The number of phenolic OH excluding ortho intramolecular Hbond substituents is 1. The highest BCUT2D eigenvalue weighted by molar-refractivity contribution is 5.94. The van der Waals surface area contributed by atoms with Crippen LogP contribution < -0.4 is 0 Å². The molecule has 2 unspecified atom stereocenters. The standard InChI is InChI=1S/C24H23N5O2/c1-17-16-28(24(31)18-6-3-2-4-7-18)12-13-29(17)19(14-25)15-26-23-11-10-20-21(27-23)8-5-9-22(20)30/h2-11,15,17,19,30H,12-13,16H2,1H3. The first-order chi connectivity index (χ1) is 15.1. The van der Waals surface area contributed by atoms with Gasteiger partial charge >= 0.3 is 0 Å². The third kappa shape index (κ3) is 4.39. The summed E-state index contributed by atoms with van der Waals surface area (Å²) in [5, 5.41) is 20.3. The van der Waals surface area contributed by atoms with E-state index in [-0.39, 0.29) is 17.7 Å². The Balaban J connectivity index is 1.45. The zero-order valence-electron chi connectivity index (χ0n) is 17.2. The molecule has 1 aliphatic rings. The molecule has 2 heterocycles. The molecule has 1 aliphatic heterocycles. The average Bonchev–Trinajstić information content (AvgIpc) is 2.80. The summed E-state index contributed by atoms with van der Waals surface area (Å²) in [5.74, 6) is 0.661. The molecule has 1 amide bonds. The van der Waals surface area contributed by atoms with Crippen molar-refractivity contribution in [2.75, 3.05) is 19.6 Å². The fourth-order valence-electron chi connectivity index (χ4n) is 3.87. The van der Waals surface area contributed by atoms with Crippen molar-refractivity contribution in [3.8, 4) is 11.8 Å². The number of amides is 1. The van der Waals surface area contributed by atoms with E-state index in [9.17, 15) is 15.2 Å². The molecule has 7 heteroatoms. The molecule has 1 fully saturated rings. The summed E-state index contributed by atoms with van der Waals surface area (Å²) in [7, 11) is 0. The summed E-state index contributed by atoms with van der Waals surface area (Å²) in [6.07, 6.45) is 1.60. The highest BCUT2D eigenvalue weighted by Gasteiger charge is 2.31. The molecule has 7 nitrogen and oxygen atoms in total. The lowest BCUT2D eigenvalue weighted by Gasteiger charge is -2.41. The van der Waals surface area contributed by atoms with E-state index >= 15 is 0 Å². The van der Waals surface area contributed by atoms with Crippen LogP contribution in [0.15, 0.2) is 65.7 Å². The van der Waals surface area contributed by atoms with Crippen molar-refractivity contribution in [1.82, 2.24) is 14.8 Å². The summed E-state index contributed by atoms with van der Waals surface area (Å²) in [4.78, 5) is 25.4. The van der Waals surface area contributed by atoms with E-state index < -0.39 is 6.04 Å². The highest BCUT2D eigenvalue weighted by Crippen LogP contribution is 2.25. The van der Waals surface area contributed by atoms with Gasteiger partial charge in [0.15, 0.2) is 5.82 Å². The van der Waals surface area contributed by atoms with E-state index in [0.29, 0.717) is 41.9 Å². The van der Waals surface area contributed by atoms with Gasteiger partial charge < -0.3 is 10.0 Å². The van der Waals surface area contributed by atoms with Gasteiger partial charge in [0.05, 0.1) is 11.6 Å². The summed E-state index contributed by atoms with van der Waals surface area (Å²) >= 11 is 0. The Morgan fingerprint density at radius 2 is 2.00 bits per heavy atom. The van der Waals surface area contributed by atoms with Gasteiger partial charge in [0.25, 0.3) is 5.91 Å². The highest BCUT2D eigenvalue weighted by atomic mass is 16.3. The van der Waals surface area contributed by atoms with Gasteiger partial charge in [0, 0.05) is 42.8 Å². The van der Waals surface area contributed by atoms with Crippen LogP contribution in [0.1, 0.15) is 17.3 Å². The second kappa shape index (κ2) is 8.94. The van der Waals surface area contributed by atoms with Crippen molar-refractivity contribution in [3.05, 3.63) is 66.2 Å². The van der Waals surface area contributed by atoms with Crippen molar-refractivity contribution in [2.45, 2.75) is 19.0 Å². The fraction of sp³-hybridized carbons (Fsp3) is 0.250. The number of fused-ring (bicyclic) bond motifs is 1. The first kappa shape index (κ1) is 20.5. The SMILES string of the molecule is CC1CN(C(=O)c2ccccc2)CCN1C(C#N)C=Nc1ccc2c(O)cccc2n1. The number of pyridine rings is 1. The Kier molecular flexibility index (Phi) is 5.92. The van der Waals surface area contributed by atoms with Crippen molar-refractivity contribution < 1.29 is 9.90 Å².